The Hall–Kier alpha value is -2.96. The molecule has 2 aliphatic heterocycles. The van der Waals surface area contributed by atoms with Gasteiger partial charge < -0.3 is 9.32 Å². The lowest BCUT2D eigenvalue weighted by Crippen LogP contribution is -2.49. The third kappa shape index (κ3) is 4.20. The molecule has 1 amide bonds. The summed E-state index contributed by atoms with van der Waals surface area (Å²) in [4.78, 5) is 31.5. The minimum Gasteiger partial charge on any atom is -0.423 e. The van der Waals surface area contributed by atoms with Gasteiger partial charge in [-0.1, -0.05) is 31.2 Å². The third-order valence-corrected chi connectivity index (χ3v) is 6.71. The molecule has 6 heteroatoms. The Labute approximate surface area is 188 Å². The van der Waals surface area contributed by atoms with Gasteiger partial charge in [0.05, 0.1) is 6.54 Å². The molecule has 1 saturated heterocycles. The van der Waals surface area contributed by atoms with Gasteiger partial charge in [0.25, 0.3) is 0 Å². The fraction of sp³-hybridized carbons (Fsp3) is 0.385. The van der Waals surface area contributed by atoms with E-state index in [0.717, 1.165) is 68.7 Å². The molecule has 2 aliphatic rings. The second kappa shape index (κ2) is 8.88. The molecule has 166 valence electrons. The van der Waals surface area contributed by atoms with Crippen LogP contribution in [0.25, 0.3) is 11.0 Å². The smallest absolute Gasteiger partial charge is 0.336 e. The average molecular weight is 432 g/mol. The van der Waals surface area contributed by atoms with E-state index < -0.39 is 0 Å². The summed E-state index contributed by atoms with van der Waals surface area (Å²) in [7, 11) is 0. The SMILES string of the molecule is CCc1ccc2oc(=O)cc(CN3CCN(CC(=O)N4CCc5ccccc54)CC3)c2c1. The Kier molecular flexibility index (Phi) is 5.81. The molecule has 0 saturated carbocycles. The van der Waals surface area contributed by atoms with Crippen molar-refractivity contribution in [2.45, 2.75) is 26.3 Å². The van der Waals surface area contributed by atoms with Crippen LogP contribution < -0.4 is 10.5 Å². The predicted octanol–water partition coefficient (Wildman–Crippen LogP) is 3.06. The first-order chi connectivity index (χ1) is 15.6. The van der Waals surface area contributed by atoms with Gasteiger partial charge in [-0.3, -0.25) is 14.6 Å². The quantitative estimate of drug-likeness (QED) is 0.581. The van der Waals surface area contributed by atoms with E-state index in [1.165, 1.54) is 11.1 Å². The van der Waals surface area contributed by atoms with Crippen LogP contribution in [0.2, 0.25) is 0 Å². The van der Waals surface area contributed by atoms with Crippen LogP contribution in [-0.2, 0) is 24.2 Å². The van der Waals surface area contributed by atoms with Gasteiger partial charge in [-0.15, -0.1) is 0 Å². The Morgan fingerprint density at radius 3 is 2.56 bits per heavy atom. The normalized spacial score (nSPS) is 17.1. The van der Waals surface area contributed by atoms with Gasteiger partial charge in [-0.05, 0) is 47.7 Å². The highest BCUT2D eigenvalue weighted by atomic mass is 16.4. The Morgan fingerprint density at radius 2 is 1.75 bits per heavy atom. The number of rotatable bonds is 5. The molecule has 0 radical (unpaired) electrons. The van der Waals surface area contributed by atoms with E-state index in [4.69, 9.17) is 4.42 Å². The van der Waals surface area contributed by atoms with Crippen molar-refractivity contribution < 1.29 is 9.21 Å². The van der Waals surface area contributed by atoms with Crippen molar-refractivity contribution in [1.82, 2.24) is 9.80 Å². The number of carbonyl (C=O) groups excluding carboxylic acids is 1. The minimum atomic E-state index is -0.299. The summed E-state index contributed by atoms with van der Waals surface area (Å²) in [6, 6.07) is 15.9. The maximum absolute atomic E-state index is 12.9. The van der Waals surface area contributed by atoms with Gasteiger partial charge in [-0.25, -0.2) is 4.79 Å². The predicted molar refractivity (Wildman–Crippen MR) is 126 cm³/mol. The van der Waals surface area contributed by atoms with Crippen LogP contribution in [0.3, 0.4) is 0 Å². The zero-order chi connectivity index (χ0) is 22.1. The zero-order valence-electron chi connectivity index (χ0n) is 18.5. The van der Waals surface area contributed by atoms with Crippen molar-refractivity contribution in [1.29, 1.82) is 0 Å². The van der Waals surface area contributed by atoms with Crippen molar-refractivity contribution in [2.24, 2.45) is 0 Å². The molecule has 0 aliphatic carbocycles. The number of fused-ring (bicyclic) bond motifs is 2. The Morgan fingerprint density at radius 1 is 0.969 bits per heavy atom. The first kappa shape index (κ1) is 20.9. The number of benzene rings is 2. The van der Waals surface area contributed by atoms with Crippen LogP contribution in [0, 0.1) is 0 Å². The summed E-state index contributed by atoms with van der Waals surface area (Å²) in [5.74, 6) is 0.183. The highest BCUT2D eigenvalue weighted by Gasteiger charge is 2.27. The summed E-state index contributed by atoms with van der Waals surface area (Å²) in [5.41, 5.74) is 4.93. The number of amides is 1. The van der Waals surface area contributed by atoms with Crippen molar-refractivity contribution in [3.8, 4) is 0 Å². The summed E-state index contributed by atoms with van der Waals surface area (Å²) in [6.45, 7) is 7.53. The lowest BCUT2D eigenvalue weighted by Gasteiger charge is -2.35. The Bertz CT molecular complexity index is 1190. The molecule has 2 aromatic carbocycles. The number of anilines is 1. The van der Waals surface area contributed by atoms with E-state index in [9.17, 15) is 9.59 Å². The third-order valence-electron chi connectivity index (χ3n) is 6.71. The van der Waals surface area contributed by atoms with Gasteiger partial charge in [-0.2, -0.15) is 0 Å². The number of piperazine rings is 1. The molecule has 0 atom stereocenters. The van der Waals surface area contributed by atoms with Gasteiger partial charge in [0.2, 0.25) is 5.91 Å². The molecular weight excluding hydrogens is 402 g/mol. The zero-order valence-corrected chi connectivity index (χ0v) is 18.5. The summed E-state index contributed by atoms with van der Waals surface area (Å²) in [6.07, 6.45) is 1.89. The molecule has 3 aromatic rings. The van der Waals surface area contributed by atoms with Crippen LogP contribution in [0.15, 0.2) is 57.7 Å². The van der Waals surface area contributed by atoms with Crippen LogP contribution >= 0.6 is 0 Å². The molecular formula is C26H29N3O3. The fourth-order valence-electron chi connectivity index (χ4n) is 4.85. The molecule has 32 heavy (non-hydrogen) atoms. The molecule has 1 fully saturated rings. The number of carbonyl (C=O) groups is 1. The number of hydrogen-bond acceptors (Lipinski definition) is 5. The average Bonchev–Trinajstić information content (AvgIpc) is 3.24. The summed E-state index contributed by atoms with van der Waals surface area (Å²) < 4.78 is 5.40. The van der Waals surface area contributed by atoms with E-state index >= 15 is 0 Å². The van der Waals surface area contributed by atoms with Crippen molar-refractivity contribution in [3.05, 3.63) is 75.6 Å². The van der Waals surface area contributed by atoms with E-state index in [1.807, 2.05) is 35.2 Å². The molecule has 3 heterocycles. The van der Waals surface area contributed by atoms with Crippen LogP contribution in [0.5, 0.6) is 0 Å². The standard InChI is InChI=1S/C26H29N3O3/c1-2-19-7-8-24-22(15-19)21(16-26(31)32-24)17-27-11-13-28(14-12-27)18-25(30)29-10-9-20-5-3-4-6-23(20)29/h3-8,15-16H,2,9-14,17-18H2,1H3. The van der Waals surface area contributed by atoms with Gasteiger partial charge in [0.15, 0.2) is 0 Å². The van der Waals surface area contributed by atoms with Crippen molar-refractivity contribution >= 4 is 22.6 Å². The van der Waals surface area contributed by atoms with E-state index in [-0.39, 0.29) is 11.5 Å². The maximum atomic E-state index is 12.9. The Balaban J connectivity index is 1.21. The largest absolute Gasteiger partial charge is 0.423 e. The van der Waals surface area contributed by atoms with Gasteiger partial charge >= 0.3 is 5.63 Å². The monoisotopic (exact) mass is 431 g/mol. The molecule has 0 bridgehead atoms. The fourth-order valence-corrected chi connectivity index (χ4v) is 4.85. The topological polar surface area (TPSA) is 57.0 Å². The molecule has 0 unspecified atom stereocenters. The van der Waals surface area contributed by atoms with E-state index in [2.05, 4.69) is 28.9 Å². The molecule has 6 nitrogen and oxygen atoms in total. The molecule has 0 N–H and O–H groups in total. The summed E-state index contributed by atoms with van der Waals surface area (Å²) >= 11 is 0. The highest BCUT2D eigenvalue weighted by Crippen LogP contribution is 2.27. The number of hydrogen-bond donors (Lipinski definition) is 0. The van der Waals surface area contributed by atoms with Crippen molar-refractivity contribution in [3.63, 3.8) is 0 Å². The first-order valence-electron chi connectivity index (χ1n) is 11.5. The van der Waals surface area contributed by atoms with Crippen LogP contribution in [-0.4, -0.2) is 55.0 Å². The number of nitrogens with zero attached hydrogens (tertiary/aromatic N) is 3. The number of aryl methyl sites for hydroxylation is 1. The van der Waals surface area contributed by atoms with Gasteiger partial charge in [0.1, 0.15) is 5.58 Å². The molecule has 5 rings (SSSR count). The van der Waals surface area contributed by atoms with Gasteiger partial charge in [0, 0.05) is 56.4 Å². The van der Waals surface area contributed by atoms with Crippen molar-refractivity contribution in [2.75, 3.05) is 44.2 Å². The lowest BCUT2D eigenvalue weighted by atomic mass is 10.0. The number of para-hydroxylation sites is 1. The van der Waals surface area contributed by atoms with E-state index in [0.29, 0.717) is 12.1 Å². The minimum absolute atomic E-state index is 0.183. The molecule has 0 spiro atoms. The second-order valence-electron chi connectivity index (χ2n) is 8.75. The first-order valence-corrected chi connectivity index (χ1v) is 11.5. The second-order valence-corrected chi connectivity index (χ2v) is 8.75. The van der Waals surface area contributed by atoms with Crippen LogP contribution in [0.1, 0.15) is 23.6 Å². The lowest BCUT2D eigenvalue weighted by molar-refractivity contribution is -0.120. The summed E-state index contributed by atoms with van der Waals surface area (Å²) in [5, 5.41) is 1.02. The highest BCUT2D eigenvalue weighted by molar-refractivity contribution is 5.96. The van der Waals surface area contributed by atoms with E-state index in [1.54, 1.807) is 6.07 Å². The maximum Gasteiger partial charge on any atom is 0.336 e. The molecule has 1 aromatic heterocycles. The van der Waals surface area contributed by atoms with Crippen LogP contribution in [0.4, 0.5) is 5.69 Å².